The van der Waals surface area contributed by atoms with Crippen LogP contribution in [0.5, 0.6) is 0 Å². The van der Waals surface area contributed by atoms with Gasteiger partial charge in [0, 0.05) is 11.5 Å². The van der Waals surface area contributed by atoms with Crippen molar-refractivity contribution in [3.63, 3.8) is 0 Å². The topological polar surface area (TPSA) is 128 Å². The molecule has 1 heterocycles. The number of aromatic nitrogens is 1. The molecule has 0 bridgehead atoms. The molecule has 0 aliphatic carbocycles. The van der Waals surface area contributed by atoms with Crippen LogP contribution in [0.4, 0.5) is 5.82 Å². The molecule has 4 N–H and O–H groups in total. The number of nitrogens with two attached hydrogens (primary N) is 1. The van der Waals surface area contributed by atoms with Crippen molar-refractivity contribution in [2.45, 2.75) is 25.6 Å². The number of nitrogens with zero attached hydrogens (tertiary/aromatic N) is 4. The van der Waals surface area contributed by atoms with Gasteiger partial charge < -0.3 is 15.9 Å². The van der Waals surface area contributed by atoms with E-state index >= 15 is 0 Å². The summed E-state index contributed by atoms with van der Waals surface area (Å²) in [4.78, 5) is 6.51. The maximum absolute atomic E-state index is 9.83. The zero-order valence-electron chi connectivity index (χ0n) is 9.48. The third-order valence-corrected chi connectivity index (χ3v) is 2.26. The van der Waals surface area contributed by atoms with Crippen LogP contribution in [0.3, 0.4) is 0 Å². The molecular formula is C10H15N5O2. The summed E-state index contributed by atoms with van der Waals surface area (Å²) < 4.78 is 0. The van der Waals surface area contributed by atoms with Gasteiger partial charge in [0.2, 0.25) is 0 Å². The molecule has 2 unspecified atom stereocenters. The van der Waals surface area contributed by atoms with E-state index in [2.05, 4.69) is 15.0 Å². The van der Waals surface area contributed by atoms with E-state index in [0.717, 1.165) is 5.56 Å². The van der Waals surface area contributed by atoms with E-state index in [-0.39, 0.29) is 13.0 Å². The molecule has 0 amide bonds. The van der Waals surface area contributed by atoms with Crippen LogP contribution in [0.1, 0.15) is 23.8 Å². The fourth-order valence-corrected chi connectivity index (χ4v) is 1.46. The molecule has 0 saturated carbocycles. The molecular weight excluding hydrogens is 222 g/mol. The smallest absolute Gasteiger partial charge is 0.123 e. The minimum atomic E-state index is -1.13. The van der Waals surface area contributed by atoms with Crippen LogP contribution in [-0.2, 0) is 0 Å². The second kappa shape index (κ2) is 6.05. The van der Waals surface area contributed by atoms with Gasteiger partial charge in [-0.05, 0) is 36.6 Å². The number of aryl methyl sites for hydroxylation is 1. The van der Waals surface area contributed by atoms with Crippen LogP contribution >= 0.6 is 0 Å². The molecule has 1 rings (SSSR count). The molecule has 0 fully saturated rings. The highest BCUT2D eigenvalue weighted by Gasteiger charge is 2.19. The van der Waals surface area contributed by atoms with E-state index < -0.39 is 12.2 Å². The lowest BCUT2D eigenvalue weighted by Crippen LogP contribution is -2.20. The van der Waals surface area contributed by atoms with Crippen LogP contribution in [-0.4, -0.2) is 27.8 Å². The molecule has 0 saturated heterocycles. The predicted molar refractivity (Wildman–Crippen MR) is 63.0 cm³/mol. The lowest BCUT2D eigenvalue weighted by atomic mass is 10.1. The highest BCUT2D eigenvalue weighted by Crippen LogP contribution is 2.19. The van der Waals surface area contributed by atoms with Crippen molar-refractivity contribution in [2.24, 2.45) is 5.11 Å². The van der Waals surface area contributed by atoms with Crippen molar-refractivity contribution >= 4 is 5.82 Å². The molecule has 17 heavy (non-hydrogen) atoms. The monoisotopic (exact) mass is 237 g/mol. The minimum Gasteiger partial charge on any atom is -0.390 e. The average Bonchev–Trinajstić information content (AvgIpc) is 2.27. The number of pyridine rings is 1. The van der Waals surface area contributed by atoms with E-state index in [1.807, 2.05) is 6.92 Å². The second-order valence-electron chi connectivity index (χ2n) is 3.75. The molecule has 0 spiro atoms. The van der Waals surface area contributed by atoms with Gasteiger partial charge >= 0.3 is 0 Å². The molecule has 92 valence electrons. The van der Waals surface area contributed by atoms with Crippen molar-refractivity contribution in [1.29, 1.82) is 0 Å². The highest BCUT2D eigenvalue weighted by molar-refractivity contribution is 5.35. The Labute approximate surface area is 98.5 Å². The largest absolute Gasteiger partial charge is 0.390 e. The molecule has 0 aliphatic heterocycles. The zero-order valence-corrected chi connectivity index (χ0v) is 9.48. The number of aliphatic hydroxyl groups is 2. The summed E-state index contributed by atoms with van der Waals surface area (Å²) in [6.45, 7) is 1.94. The van der Waals surface area contributed by atoms with Crippen molar-refractivity contribution in [2.75, 3.05) is 12.3 Å². The van der Waals surface area contributed by atoms with Crippen molar-refractivity contribution in [1.82, 2.24) is 4.98 Å². The first-order valence-electron chi connectivity index (χ1n) is 5.15. The Morgan fingerprint density at radius 1 is 1.53 bits per heavy atom. The fraction of sp³-hybridized carbons (Fsp3) is 0.500. The van der Waals surface area contributed by atoms with Gasteiger partial charge in [-0.15, -0.1) is 0 Å². The van der Waals surface area contributed by atoms with E-state index in [1.54, 1.807) is 12.1 Å². The summed E-state index contributed by atoms with van der Waals surface area (Å²) in [5, 5.41) is 22.8. The van der Waals surface area contributed by atoms with Gasteiger partial charge in [0.25, 0.3) is 0 Å². The van der Waals surface area contributed by atoms with Gasteiger partial charge in [0.05, 0.1) is 11.8 Å². The summed E-state index contributed by atoms with van der Waals surface area (Å²) in [6.07, 6.45) is -2.00. The molecule has 1 aromatic heterocycles. The lowest BCUT2D eigenvalue weighted by molar-refractivity contribution is 0.0126. The first kappa shape index (κ1) is 13.2. The number of nitrogen functional groups attached to an aromatic ring is 1. The Kier molecular flexibility index (Phi) is 4.71. The first-order chi connectivity index (χ1) is 8.04. The Balaban J connectivity index is 2.73. The van der Waals surface area contributed by atoms with Crippen molar-refractivity contribution in [3.8, 4) is 0 Å². The van der Waals surface area contributed by atoms with E-state index in [4.69, 9.17) is 11.3 Å². The Morgan fingerprint density at radius 2 is 2.24 bits per heavy atom. The number of anilines is 1. The molecule has 2 atom stereocenters. The van der Waals surface area contributed by atoms with Crippen LogP contribution in [0, 0.1) is 6.92 Å². The summed E-state index contributed by atoms with van der Waals surface area (Å²) >= 11 is 0. The molecule has 1 aromatic rings. The average molecular weight is 237 g/mol. The fourth-order valence-electron chi connectivity index (χ4n) is 1.46. The van der Waals surface area contributed by atoms with Gasteiger partial charge in [-0.3, -0.25) is 0 Å². The minimum absolute atomic E-state index is 0.121. The number of hydrogen-bond donors (Lipinski definition) is 3. The summed E-state index contributed by atoms with van der Waals surface area (Å²) in [7, 11) is 0. The van der Waals surface area contributed by atoms with Crippen LogP contribution in [0.2, 0.25) is 0 Å². The maximum Gasteiger partial charge on any atom is 0.123 e. The van der Waals surface area contributed by atoms with Crippen molar-refractivity contribution < 1.29 is 10.2 Å². The highest BCUT2D eigenvalue weighted by atomic mass is 16.3. The normalized spacial score (nSPS) is 13.8. The maximum atomic E-state index is 9.83. The summed E-state index contributed by atoms with van der Waals surface area (Å²) in [6, 6.07) is 3.32. The first-order valence-corrected chi connectivity index (χ1v) is 5.15. The number of aliphatic hydroxyl groups excluding tert-OH is 2. The number of azide groups is 1. The molecule has 0 aliphatic rings. The Bertz CT molecular complexity index is 410. The van der Waals surface area contributed by atoms with Gasteiger partial charge in [-0.25, -0.2) is 4.98 Å². The molecule has 7 nitrogen and oxygen atoms in total. The SMILES string of the molecule is Cc1cc(N)nc(C(O)C(O)CCN=[N+]=[N-])c1. The van der Waals surface area contributed by atoms with Gasteiger partial charge in [-0.2, -0.15) is 0 Å². The predicted octanol–water partition coefficient (Wildman–Crippen LogP) is 1.07. The second-order valence-corrected chi connectivity index (χ2v) is 3.75. The van der Waals surface area contributed by atoms with E-state index in [1.165, 1.54) is 0 Å². The summed E-state index contributed by atoms with van der Waals surface area (Å²) in [5.74, 6) is 0.293. The number of rotatable bonds is 5. The Hall–Kier alpha value is -1.82. The lowest BCUT2D eigenvalue weighted by Gasteiger charge is -2.17. The third-order valence-electron chi connectivity index (χ3n) is 2.26. The molecule has 0 radical (unpaired) electrons. The molecule has 0 aromatic carbocycles. The standard InChI is InChI=1S/C10H15N5O2/c1-6-4-7(14-9(11)5-6)10(17)8(16)2-3-13-15-12/h4-5,8,10,16-17H,2-3H2,1H3,(H2,11,14). The van der Waals surface area contributed by atoms with E-state index in [9.17, 15) is 10.2 Å². The van der Waals surface area contributed by atoms with Crippen LogP contribution < -0.4 is 5.73 Å². The van der Waals surface area contributed by atoms with Crippen molar-refractivity contribution in [3.05, 3.63) is 33.8 Å². The molecule has 7 heteroatoms. The van der Waals surface area contributed by atoms with E-state index in [0.29, 0.717) is 11.5 Å². The van der Waals surface area contributed by atoms with Gasteiger partial charge in [-0.1, -0.05) is 5.11 Å². The van der Waals surface area contributed by atoms with Crippen LogP contribution in [0.15, 0.2) is 17.2 Å². The summed E-state index contributed by atoms with van der Waals surface area (Å²) in [5.41, 5.74) is 14.8. The van der Waals surface area contributed by atoms with Gasteiger partial charge in [0.15, 0.2) is 0 Å². The quantitative estimate of drug-likeness (QED) is 0.402. The van der Waals surface area contributed by atoms with Crippen LogP contribution in [0.25, 0.3) is 10.4 Å². The Morgan fingerprint density at radius 3 is 2.82 bits per heavy atom. The zero-order chi connectivity index (χ0) is 12.8. The van der Waals surface area contributed by atoms with Gasteiger partial charge in [0.1, 0.15) is 11.9 Å². The number of hydrogen-bond acceptors (Lipinski definition) is 5. The third kappa shape index (κ3) is 3.92.